The van der Waals surface area contributed by atoms with Crippen LogP contribution in [0.4, 0.5) is 0 Å². The number of hydrogen-bond acceptors (Lipinski definition) is 1. The van der Waals surface area contributed by atoms with E-state index in [1.807, 2.05) is 12.1 Å². The van der Waals surface area contributed by atoms with Crippen LogP contribution >= 0.6 is 11.6 Å². The van der Waals surface area contributed by atoms with Gasteiger partial charge in [0, 0.05) is 17.6 Å². The topological polar surface area (TPSA) is 3.01 Å². The van der Waals surface area contributed by atoms with E-state index in [1.165, 1.54) is 25.1 Å². The van der Waals surface area contributed by atoms with Gasteiger partial charge in [-0.2, -0.15) is 0 Å². The van der Waals surface area contributed by atoms with Crippen LogP contribution in [-0.2, 0) is 0 Å². The van der Waals surface area contributed by atoms with Crippen molar-refractivity contribution in [3.05, 3.63) is 34.9 Å². The smallest absolute Gasteiger partial charge is 0.0476 e. The molecule has 1 aliphatic heterocycles. The van der Waals surface area contributed by atoms with Crippen molar-refractivity contribution in [1.82, 2.24) is 4.90 Å². The van der Waals surface area contributed by atoms with Crippen molar-refractivity contribution in [2.24, 2.45) is 0 Å². The molecule has 0 N–H and O–H groups in total. The van der Waals surface area contributed by atoms with E-state index in [2.05, 4.69) is 24.0 Å². The molecule has 13 heavy (non-hydrogen) atoms. The van der Waals surface area contributed by atoms with E-state index in [4.69, 9.17) is 11.6 Å². The quantitative estimate of drug-likeness (QED) is 0.670. The van der Waals surface area contributed by atoms with Gasteiger partial charge in [-0.15, -0.1) is 0 Å². The summed E-state index contributed by atoms with van der Waals surface area (Å²) in [7, 11) is 0. The molecule has 1 nitrogen and oxygen atoms in total. The average molecular weight is 196 g/mol. The van der Waals surface area contributed by atoms with Gasteiger partial charge < -0.3 is 0 Å². The molecule has 1 aliphatic rings. The molecule has 2 rings (SSSR count). The molecular weight excluding hydrogens is 182 g/mol. The maximum absolute atomic E-state index is 5.82. The minimum atomic E-state index is 0.664. The summed E-state index contributed by atoms with van der Waals surface area (Å²) >= 11 is 5.82. The molecule has 0 aromatic heterocycles. The van der Waals surface area contributed by atoms with Crippen LogP contribution in [0, 0.1) is 0 Å². The molecule has 1 saturated heterocycles. The fourth-order valence-corrected chi connectivity index (χ4v) is 1.84. The number of halogens is 1. The summed E-state index contributed by atoms with van der Waals surface area (Å²) in [6.45, 7) is 4.65. The lowest BCUT2D eigenvalue weighted by Crippen LogP contribution is -1.98. The maximum atomic E-state index is 5.82. The highest BCUT2D eigenvalue weighted by Crippen LogP contribution is 2.34. The molecule has 0 amide bonds. The standard InChI is InChI=1S/C11H14ClN/c1-2-7-13-8-11(13)9-3-5-10(12)6-4-9/h3-6,11H,2,7-8H2,1H3. The third kappa shape index (κ3) is 2.04. The molecule has 0 aliphatic carbocycles. The van der Waals surface area contributed by atoms with E-state index >= 15 is 0 Å². The van der Waals surface area contributed by atoms with Crippen LogP contribution < -0.4 is 0 Å². The molecular formula is C11H14ClN. The monoisotopic (exact) mass is 195 g/mol. The zero-order chi connectivity index (χ0) is 9.26. The summed E-state index contributed by atoms with van der Waals surface area (Å²) in [5.74, 6) is 0. The second kappa shape index (κ2) is 3.69. The predicted molar refractivity (Wildman–Crippen MR) is 56.1 cm³/mol. The van der Waals surface area contributed by atoms with Gasteiger partial charge in [0.1, 0.15) is 0 Å². The first-order chi connectivity index (χ1) is 6.31. The molecule has 1 aromatic rings. The Kier molecular flexibility index (Phi) is 2.56. The summed E-state index contributed by atoms with van der Waals surface area (Å²) < 4.78 is 0. The van der Waals surface area contributed by atoms with Gasteiger partial charge in [0.25, 0.3) is 0 Å². The van der Waals surface area contributed by atoms with E-state index in [9.17, 15) is 0 Å². The Labute approximate surface area is 84.3 Å². The van der Waals surface area contributed by atoms with Crippen molar-refractivity contribution in [1.29, 1.82) is 0 Å². The predicted octanol–water partition coefficient (Wildman–Crippen LogP) is 3.11. The molecule has 2 unspecified atom stereocenters. The van der Waals surface area contributed by atoms with Crippen molar-refractivity contribution in [3.63, 3.8) is 0 Å². The van der Waals surface area contributed by atoms with Crippen molar-refractivity contribution >= 4 is 11.6 Å². The molecule has 1 fully saturated rings. The molecule has 70 valence electrons. The van der Waals surface area contributed by atoms with Crippen LogP contribution in [-0.4, -0.2) is 18.0 Å². The zero-order valence-electron chi connectivity index (χ0n) is 7.83. The zero-order valence-corrected chi connectivity index (χ0v) is 8.59. The Balaban J connectivity index is 2.00. The third-order valence-corrected chi connectivity index (χ3v) is 2.73. The van der Waals surface area contributed by atoms with E-state index < -0.39 is 0 Å². The number of benzene rings is 1. The Hall–Kier alpha value is -0.530. The first-order valence-electron chi connectivity index (χ1n) is 4.81. The minimum absolute atomic E-state index is 0.664. The Morgan fingerprint density at radius 1 is 1.38 bits per heavy atom. The van der Waals surface area contributed by atoms with Crippen LogP contribution in [0.25, 0.3) is 0 Å². The molecule has 0 saturated carbocycles. The van der Waals surface area contributed by atoms with Crippen molar-refractivity contribution in [2.45, 2.75) is 19.4 Å². The third-order valence-electron chi connectivity index (χ3n) is 2.48. The Bertz CT molecular complexity index is 281. The number of rotatable bonds is 3. The first kappa shape index (κ1) is 9.04. The summed E-state index contributed by atoms with van der Waals surface area (Å²) in [6.07, 6.45) is 1.24. The molecule has 1 heterocycles. The fraction of sp³-hybridized carbons (Fsp3) is 0.455. The van der Waals surface area contributed by atoms with Gasteiger partial charge in [0.2, 0.25) is 0 Å². The normalized spacial score (nSPS) is 26.0. The van der Waals surface area contributed by atoms with E-state index in [0.29, 0.717) is 6.04 Å². The average Bonchev–Trinajstić information content (AvgIpc) is 2.86. The molecule has 1 aromatic carbocycles. The van der Waals surface area contributed by atoms with Gasteiger partial charge in [0.15, 0.2) is 0 Å². The molecule has 0 bridgehead atoms. The SMILES string of the molecule is CCCN1CC1c1ccc(Cl)cc1. The Morgan fingerprint density at radius 3 is 2.69 bits per heavy atom. The van der Waals surface area contributed by atoms with Crippen molar-refractivity contribution in [3.8, 4) is 0 Å². The first-order valence-corrected chi connectivity index (χ1v) is 5.18. The molecule has 2 heteroatoms. The van der Waals surface area contributed by atoms with Crippen LogP contribution in [0.15, 0.2) is 24.3 Å². The lowest BCUT2D eigenvalue weighted by molar-refractivity contribution is 0.509. The lowest BCUT2D eigenvalue weighted by atomic mass is 10.2. The van der Waals surface area contributed by atoms with Crippen LogP contribution in [0.5, 0.6) is 0 Å². The fourth-order valence-electron chi connectivity index (χ4n) is 1.71. The lowest BCUT2D eigenvalue weighted by Gasteiger charge is -2.01. The highest BCUT2D eigenvalue weighted by Gasteiger charge is 2.33. The second-order valence-electron chi connectivity index (χ2n) is 3.56. The van der Waals surface area contributed by atoms with Crippen LogP contribution in [0.3, 0.4) is 0 Å². The Morgan fingerprint density at radius 2 is 2.08 bits per heavy atom. The largest absolute Gasteiger partial charge is 0.293 e. The van der Waals surface area contributed by atoms with Crippen LogP contribution in [0.2, 0.25) is 5.02 Å². The van der Waals surface area contributed by atoms with Crippen molar-refractivity contribution in [2.75, 3.05) is 13.1 Å². The van der Waals surface area contributed by atoms with Gasteiger partial charge in [-0.3, -0.25) is 4.90 Å². The van der Waals surface area contributed by atoms with E-state index in [0.717, 1.165) is 5.02 Å². The minimum Gasteiger partial charge on any atom is -0.293 e. The number of hydrogen-bond donors (Lipinski definition) is 0. The maximum Gasteiger partial charge on any atom is 0.0476 e. The second-order valence-corrected chi connectivity index (χ2v) is 4.00. The highest BCUT2D eigenvalue weighted by molar-refractivity contribution is 6.30. The van der Waals surface area contributed by atoms with Gasteiger partial charge in [-0.1, -0.05) is 30.7 Å². The summed E-state index contributed by atoms with van der Waals surface area (Å²) in [5, 5.41) is 0.825. The van der Waals surface area contributed by atoms with E-state index in [-0.39, 0.29) is 0 Å². The number of nitrogens with zero attached hydrogens (tertiary/aromatic N) is 1. The molecule has 0 spiro atoms. The van der Waals surface area contributed by atoms with Crippen LogP contribution in [0.1, 0.15) is 24.9 Å². The molecule has 0 radical (unpaired) electrons. The van der Waals surface area contributed by atoms with Gasteiger partial charge in [-0.25, -0.2) is 0 Å². The van der Waals surface area contributed by atoms with E-state index in [1.54, 1.807) is 0 Å². The van der Waals surface area contributed by atoms with Gasteiger partial charge in [0.05, 0.1) is 0 Å². The highest BCUT2D eigenvalue weighted by atomic mass is 35.5. The van der Waals surface area contributed by atoms with Gasteiger partial charge in [-0.05, 0) is 30.7 Å². The van der Waals surface area contributed by atoms with Gasteiger partial charge >= 0.3 is 0 Å². The summed E-state index contributed by atoms with van der Waals surface area (Å²) in [5.41, 5.74) is 1.40. The summed E-state index contributed by atoms with van der Waals surface area (Å²) in [6, 6.07) is 8.86. The molecule has 2 atom stereocenters. The van der Waals surface area contributed by atoms with Crippen molar-refractivity contribution < 1.29 is 0 Å². The summed E-state index contributed by atoms with van der Waals surface area (Å²) in [4.78, 5) is 2.48.